The summed E-state index contributed by atoms with van der Waals surface area (Å²) in [5, 5.41) is 0. The van der Waals surface area contributed by atoms with Crippen LogP contribution in [0.5, 0.6) is 0 Å². The smallest absolute Gasteiger partial charge is 0.349 e. The minimum absolute atomic E-state index is 0.0845. The van der Waals surface area contributed by atoms with Crippen molar-refractivity contribution < 1.29 is 9.53 Å². The highest BCUT2D eigenvalue weighted by molar-refractivity contribution is 6.23. The summed E-state index contributed by atoms with van der Waals surface area (Å²) in [7, 11) is 0. The molecule has 11 heavy (non-hydrogen) atoms. The van der Waals surface area contributed by atoms with Crippen LogP contribution in [-0.2, 0) is 9.53 Å². The fourth-order valence-electron chi connectivity index (χ4n) is 1.72. The van der Waals surface area contributed by atoms with Gasteiger partial charge >= 0.3 is 5.97 Å². The molecule has 0 radical (unpaired) electrons. The van der Waals surface area contributed by atoms with Crippen molar-refractivity contribution in [1.82, 2.24) is 0 Å². The first-order valence-electron chi connectivity index (χ1n) is 4.10. The topological polar surface area (TPSA) is 38.7 Å². The minimum Gasteiger partial charge on any atom is -0.456 e. The van der Waals surface area contributed by atoms with Crippen molar-refractivity contribution in [1.29, 1.82) is 0 Å². The first-order valence-corrected chi connectivity index (χ1v) is 4.10. The molecule has 2 aliphatic rings. The van der Waals surface area contributed by atoms with Crippen LogP contribution >= 0.6 is 0 Å². The van der Waals surface area contributed by atoms with Crippen molar-refractivity contribution in [2.24, 2.45) is 4.99 Å². The molecular weight excluding hydrogens is 142 g/mol. The molecule has 1 unspecified atom stereocenters. The number of ether oxygens (including phenoxy) is 1. The summed E-state index contributed by atoms with van der Waals surface area (Å²) in [5.41, 5.74) is 0. The number of hydrogen-bond donors (Lipinski definition) is 0. The molecule has 1 aliphatic carbocycles. The number of esters is 1. The van der Waals surface area contributed by atoms with Gasteiger partial charge in [-0.05, 0) is 19.3 Å². The lowest BCUT2D eigenvalue weighted by atomic mass is 9.92. The van der Waals surface area contributed by atoms with Gasteiger partial charge in [-0.25, -0.2) is 4.79 Å². The molecule has 0 amide bonds. The Bertz CT molecular complexity index is 200. The largest absolute Gasteiger partial charge is 0.456 e. The zero-order valence-electron chi connectivity index (χ0n) is 6.32. The van der Waals surface area contributed by atoms with E-state index >= 15 is 0 Å². The van der Waals surface area contributed by atoms with Crippen molar-refractivity contribution in [3.8, 4) is 0 Å². The molecule has 0 N–H and O–H groups in total. The molecular formula is C8H11NO2. The maximum Gasteiger partial charge on any atom is 0.349 e. The summed E-state index contributed by atoms with van der Waals surface area (Å²) in [6.45, 7) is 0. The van der Waals surface area contributed by atoms with E-state index < -0.39 is 0 Å². The van der Waals surface area contributed by atoms with Gasteiger partial charge in [-0.2, -0.15) is 0 Å². The number of aliphatic imine (C=N–C) groups is 1. The fraction of sp³-hybridized carbons (Fsp3) is 0.750. The van der Waals surface area contributed by atoms with E-state index in [-0.39, 0.29) is 18.1 Å². The van der Waals surface area contributed by atoms with Crippen LogP contribution in [0.15, 0.2) is 4.99 Å². The van der Waals surface area contributed by atoms with E-state index in [1.54, 1.807) is 0 Å². The van der Waals surface area contributed by atoms with Crippen molar-refractivity contribution >= 4 is 12.2 Å². The molecule has 0 aromatic heterocycles. The predicted octanol–water partition coefficient (Wildman–Crippen LogP) is 0.925. The average molecular weight is 153 g/mol. The van der Waals surface area contributed by atoms with Crippen LogP contribution in [0.25, 0.3) is 0 Å². The highest BCUT2D eigenvalue weighted by atomic mass is 16.5. The number of carbonyl (C=O) groups is 1. The fourth-order valence-corrected chi connectivity index (χ4v) is 1.72. The van der Waals surface area contributed by atoms with Gasteiger partial charge in [0.05, 0.1) is 6.04 Å². The third-order valence-corrected chi connectivity index (χ3v) is 2.31. The summed E-state index contributed by atoms with van der Waals surface area (Å²) in [4.78, 5) is 14.9. The summed E-state index contributed by atoms with van der Waals surface area (Å²) in [6.07, 6.45) is 5.86. The monoisotopic (exact) mass is 153 g/mol. The van der Waals surface area contributed by atoms with Crippen LogP contribution in [0, 0.1) is 0 Å². The second-order valence-electron chi connectivity index (χ2n) is 3.11. The van der Waals surface area contributed by atoms with Crippen molar-refractivity contribution in [3.63, 3.8) is 0 Å². The van der Waals surface area contributed by atoms with Gasteiger partial charge in [-0.15, -0.1) is 0 Å². The molecule has 1 heterocycles. The highest BCUT2D eigenvalue weighted by Gasteiger charge is 2.29. The lowest BCUT2D eigenvalue weighted by Crippen LogP contribution is -2.37. The summed E-state index contributed by atoms with van der Waals surface area (Å²) < 4.78 is 5.10. The zero-order valence-corrected chi connectivity index (χ0v) is 6.32. The number of fused-ring (bicyclic) bond motifs is 1. The van der Waals surface area contributed by atoms with Crippen molar-refractivity contribution in [3.05, 3.63) is 0 Å². The molecule has 0 saturated heterocycles. The van der Waals surface area contributed by atoms with Crippen LogP contribution in [-0.4, -0.2) is 24.3 Å². The molecule has 2 atom stereocenters. The maximum absolute atomic E-state index is 10.7. The second kappa shape index (κ2) is 2.64. The quantitative estimate of drug-likeness (QED) is 0.485. The van der Waals surface area contributed by atoms with E-state index in [4.69, 9.17) is 4.74 Å². The standard InChI is InChI=1S/C8H11NO2/c10-8-5-9-6-3-1-2-4-7(6)11-8/h5-7H,1-4H2/t6?,7-/m1/s1. The Balaban J connectivity index is 2.10. The number of carbonyl (C=O) groups excluding carboxylic acids is 1. The third kappa shape index (κ3) is 1.27. The Morgan fingerprint density at radius 2 is 2.27 bits per heavy atom. The molecule has 0 spiro atoms. The molecule has 0 bridgehead atoms. The molecule has 0 aromatic carbocycles. The van der Waals surface area contributed by atoms with E-state index in [2.05, 4.69) is 4.99 Å². The molecule has 1 aliphatic heterocycles. The van der Waals surface area contributed by atoms with Crippen LogP contribution in [0.4, 0.5) is 0 Å². The van der Waals surface area contributed by atoms with Gasteiger partial charge in [0.25, 0.3) is 0 Å². The Morgan fingerprint density at radius 1 is 1.45 bits per heavy atom. The van der Waals surface area contributed by atoms with E-state index in [0.29, 0.717) is 0 Å². The van der Waals surface area contributed by atoms with Crippen LogP contribution in [0.2, 0.25) is 0 Å². The van der Waals surface area contributed by atoms with Crippen LogP contribution < -0.4 is 0 Å². The van der Waals surface area contributed by atoms with Gasteiger partial charge in [-0.1, -0.05) is 6.42 Å². The van der Waals surface area contributed by atoms with Crippen molar-refractivity contribution in [2.75, 3.05) is 0 Å². The van der Waals surface area contributed by atoms with E-state index in [1.807, 2.05) is 0 Å². The number of hydrogen-bond acceptors (Lipinski definition) is 3. The molecule has 1 fully saturated rings. The number of nitrogens with zero attached hydrogens (tertiary/aromatic N) is 1. The first kappa shape index (κ1) is 6.83. The van der Waals surface area contributed by atoms with E-state index in [1.165, 1.54) is 19.1 Å². The van der Waals surface area contributed by atoms with Crippen LogP contribution in [0.1, 0.15) is 25.7 Å². The Morgan fingerprint density at radius 3 is 3.18 bits per heavy atom. The molecule has 2 rings (SSSR count). The van der Waals surface area contributed by atoms with Gasteiger partial charge in [-0.3, -0.25) is 4.99 Å². The average Bonchev–Trinajstić information content (AvgIpc) is 2.04. The normalized spacial score (nSPS) is 36.2. The Labute approximate surface area is 65.5 Å². The molecule has 60 valence electrons. The Kier molecular flexibility index (Phi) is 1.64. The third-order valence-electron chi connectivity index (χ3n) is 2.31. The van der Waals surface area contributed by atoms with Gasteiger partial charge in [0.1, 0.15) is 12.3 Å². The van der Waals surface area contributed by atoms with Gasteiger partial charge < -0.3 is 4.74 Å². The van der Waals surface area contributed by atoms with Crippen molar-refractivity contribution in [2.45, 2.75) is 37.8 Å². The molecule has 0 aromatic rings. The number of rotatable bonds is 0. The predicted molar refractivity (Wildman–Crippen MR) is 40.6 cm³/mol. The summed E-state index contributed by atoms with van der Waals surface area (Å²) in [6, 6.07) is 0.265. The van der Waals surface area contributed by atoms with Crippen LogP contribution in [0.3, 0.4) is 0 Å². The van der Waals surface area contributed by atoms with Gasteiger partial charge in [0, 0.05) is 0 Å². The van der Waals surface area contributed by atoms with E-state index in [9.17, 15) is 4.79 Å². The highest BCUT2D eigenvalue weighted by Crippen LogP contribution is 2.25. The molecule has 3 nitrogen and oxygen atoms in total. The SMILES string of the molecule is O=C1C=NC2CCCC[C@H]2O1. The summed E-state index contributed by atoms with van der Waals surface area (Å²) >= 11 is 0. The minimum atomic E-state index is -0.270. The summed E-state index contributed by atoms with van der Waals surface area (Å²) in [5.74, 6) is -0.270. The second-order valence-corrected chi connectivity index (χ2v) is 3.11. The Hall–Kier alpha value is -0.860. The van der Waals surface area contributed by atoms with Gasteiger partial charge in [0.15, 0.2) is 0 Å². The molecule has 3 heteroatoms. The zero-order chi connectivity index (χ0) is 7.68. The van der Waals surface area contributed by atoms with Gasteiger partial charge in [0.2, 0.25) is 0 Å². The molecule has 1 saturated carbocycles. The maximum atomic E-state index is 10.7. The first-order chi connectivity index (χ1) is 5.36. The lowest BCUT2D eigenvalue weighted by molar-refractivity contribution is -0.143. The lowest BCUT2D eigenvalue weighted by Gasteiger charge is -2.30. The van der Waals surface area contributed by atoms with E-state index in [0.717, 1.165) is 12.8 Å².